The molecule has 1 aliphatic rings. The number of benzene rings is 2. The number of aryl methyl sites for hydroxylation is 1. The van der Waals surface area contributed by atoms with Crippen molar-refractivity contribution in [1.82, 2.24) is 5.32 Å². The first-order valence-corrected chi connectivity index (χ1v) is 6.78. The number of rotatable bonds is 2. The van der Waals surface area contributed by atoms with Gasteiger partial charge in [0, 0.05) is 12.1 Å². The summed E-state index contributed by atoms with van der Waals surface area (Å²) < 4.78 is 13.5. The summed E-state index contributed by atoms with van der Waals surface area (Å²) in [6, 6.07) is 12.0. The van der Waals surface area contributed by atoms with E-state index in [0.29, 0.717) is 5.56 Å². The summed E-state index contributed by atoms with van der Waals surface area (Å²) in [7, 11) is 0. The van der Waals surface area contributed by atoms with Gasteiger partial charge in [-0.3, -0.25) is 4.79 Å². The molecule has 1 heterocycles. The third-order valence-electron chi connectivity index (χ3n) is 3.70. The number of fused-ring (bicyclic) bond motifs is 1. The van der Waals surface area contributed by atoms with E-state index in [2.05, 4.69) is 5.32 Å². The molecule has 20 heavy (non-hydrogen) atoms. The molecule has 1 N–H and O–H groups in total. The smallest absolute Gasteiger partial charge is 0.184 e. The highest BCUT2D eigenvalue weighted by Gasteiger charge is 2.26. The number of carbonyl (C=O) groups is 1. The number of hydrogen-bond donors (Lipinski definition) is 1. The zero-order chi connectivity index (χ0) is 14.1. The number of Topliss-reactive ketones (excluding diaryl/α,β-unsaturated/α-hetero) is 1. The molecule has 0 spiro atoms. The molecular weight excluding hydrogens is 253 g/mol. The first-order valence-electron chi connectivity index (χ1n) is 6.78. The molecule has 0 aliphatic carbocycles. The van der Waals surface area contributed by atoms with E-state index in [4.69, 9.17) is 0 Å². The molecule has 2 nitrogen and oxygen atoms in total. The fourth-order valence-corrected chi connectivity index (χ4v) is 2.78. The van der Waals surface area contributed by atoms with Crippen molar-refractivity contribution in [3.8, 4) is 0 Å². The normalized spacial score (nSPS) is 17.6. The topological polar surface area (TPSA) is 29.1 Å². The van der Waals surface area contributed by atoms with Crippen molar-refractivity contribution in [3.05, 3.63) is 70.5 Å². The lowest BCUT2D eigenvalue weighted by Crippen LogP contribution is -2.35. The quantitative estimate of drug-likeness (QED) is 0.848. The Bertz CT molecular complexity index is 646. The summed E-state index contributed by atoms with van der Waals surface area (Å²) in [5, 5.41) is 3.24. The van der Waals surface area contributed by atoms with Crippen LogP contribution < -0.4 is 5.32 Å². The first kappa shape index (κ1) is 13.0. The lowest BCUT2D eigenvalue weighted by molar-refractivity contribution is 0.0939. The van der Waals surface area contributed by atoms with Gasteiger partial charge in [0.15, 0.2) is 5.78 Å². The molecule has 2 aromatic rings. The van der Waals surface area contributed by atoms with E-state index in [1.807, 2.05) is 24.3 Å². The van der Waals surface area contributed by atoms with Crippen molar-refractivity contribution >= 4 is 5.78 Å². The Kier molecular flexibility index (Phi) is 3.36. The Labute approximate surface area is 117 Å². The van der Waals surface area contributed by atoms with Gasteiger partial charge in [-0.1, -0.05) is 24.3 Å². The summed E-state index contributed by atoms with van der Waals surface area (Å²) >= 11 is 0. The van der Waals surface area contributed by atoms with Crippen molar-refractivity contribution in [2.24, 2.45) is 0 Å². The summed E-state index contributed by atoms with van der Waals surface area (Å²) in [4.78, 5) is 12.6. The van der Waals surface area contributed by atoms with Crippen LogP contribution in [0.4, 0.5) is 4.39 Å². The Morgan fingerprint density at radius 1 is 1.25 bits per heavy atom. The Hall–Kier alpha value is -2.00. The number of nitrogens with one attached hydrogen (secondary N) is 1. The maximum Gasteiger partial charge on any atom is 0.184 e. The van der Waals surface area contributed by atoms with Gasteiger partial charge in [-0.2, -0.15) is 0 Å². The molecule has 3 heteroatoms. The van der Waals surface area contributed by atoms with E-state index in [1.165, 1.54) is 17.7 Å². The number of hydrogen-bond acceptors (Lipinski definition) is 2. The van der Waals surface area contributed by atoms with E-state index < -0.39 is 0 Å². The largest absolute Gasteiger partial charge is 0.303 e. The molecule has 3 rings (SSSR count). The van der Waals surface area contributed by atoms with Gasteiger partial charge in [0.1, 0.15) is 5.82 Å². The average Bonchev–Trinajstić information content (AvgIpc) is 2.45. The number of carbonyl (C=O) groups excluding carboxylic acids is 1. The predicted molar refractivity (Wildman–Crippen MR) is 76.4 cm³/mol. The molecule has 1 aliphatic heterocycles. The predicted octanol–water partition coefficient (Wildman–Crippen LogP) is 3.20. The van der Waals surface area contributed by atoms with Crippen molar-refractivity contribution in [2.75, 3.05) is 6.54 Å². The first-order chi connectivity index (χ1) is 9.65. The second-order valence-electron chi connectivity index (χ2n) is 5.22. The molecular formula is C17H16FNO. The van der Waals surface area contributed by atoms with Gasteiger partial charge in [-0.15, -0.1) is 0 Å². The van der Waals surface area contributed by atoms with E-state index in [-0.39, 0.29) is 17.6 Å². The summed E-state index contributed by atoms with van der Waals surface area (Å²) in [6.45, 7) is 2.56. The van der Waals surface area contributed by atoms with E-state index in [0.717, 1.165) is 24.1 Å². The van der Waals surface area contributed by atoms with E-state index >= 15 is 0 Å². The van der Waals surface area contributed by atoms with Crippen LogP contribution in [-0.4, -0.2) is 12.3 Å². The Morgan fingerprint density at radius 3 is 2.85 bits per heavy atom. The van der Waals surface area contributed by atoms with Crippen LogP contribution in [0.5, 0.6) is 0 Å². The van der Waals surface area contributed by atoms with E-state index in [1.54, 1.807) is 13.0 Å². The lowest BCUT2D eigenvalue weighted by Gasteiger charge is -2.26. The van der Waals surface area contributed by atoms with Gasteiger partial charge >= 0.3 is 0 Å². The van der Waals surface area contributed by atoms with Crippen molar-refractivity contribution in [1.29, 1.82) is 0 Å². The van der Waals surface area contributed by atoms with Crippen LogP contribution in [0.3, 0.4) is 0 Å². The molecule has 0 radical (unpaired) electrons. The van der Waals surface area contributed by atoms with Crippen LogP contribution in [-0.2, 0) is 6.42 Å². The molecule has 102 valence electrons. The zero-order valence-electron chi connectivity index (χ0n) is 11.3. The lowest BCUT2D eigenvalue weighted by atomic mass is 9.89. The highest BCUT2D eigenvalue weighted by molar-refractivity contribution is 6.01. The second-order valence-corrected chi connectivity index (χ2v) is 5.22. The summed E-state index contributed by atoms with van der Waals surface area (Å²) in [6.07, 6.45) is 0.919. The van der Waals surface area contributed by atoms with Gasteiger partial charge in [0.05, 0.1) is 6.04 Å². The summed E-state index contributed by atoms with van der Waals surface area (Å²) in [5.41, 5.74) is 3.39. The Balaban J connectivity index is 1.99. The fraction of sp³-hybridized carbons (Fsp3) is 0.235. The molecule has 0 saturated carbocycles. The van der Waals surface area contributed by atoms with Gasteiger partial charge in [-0.25, -0.2) is 4.39 Å². The minimum absolute atomic E-state index is 0.0697. The van der Waals surface area contributed by atoms with Gasteiger partial charge in [-0.05, 0) is 48.2 Å². The molecule has 0 saturated heterocycles. The van der Waals surface area contributed by atoms with Crippen molar-refractivity contribution in [3.63, 3.8) is 0 Å². The molecule has 1 atom stereocenters. The van der Waals surface area contributed by atoms with Crippen molar-refractivity contribution < 1.29 is 9.18 Å². The minimum atomic E-state index is -0.374. The van der Waals surface area contributed by atoms with Gasteiger partial charge < -0.3 is 5.32 Å². The second kappa shape index (κ2) is 5.17. The number of halogens is 1. The summed E-state index contributed by atoms with van der Waals surface area (Å²) in [5.74, 6) is -0.433. The molecule has 0 amide bonds. The van der Waals surface area contributed by atoms with Crippen LogP contribution in [0.25, 0.3) is 0 Å². The molecule has 0 fully saturated rings. The maximum atomic E-state index is 13.5. The maximum absolute atomic E-state index is 13.5. The third kappa shape index (κ3) is 2.37. The van der Waals surface area contributed by atoms with Gasteiger partial charge in [0.2, 0.25) is 0 Å². The molecule has 2 aromatic carbocycles. The zero-order valence-corrected chi connectivity index (χ0v) is 11.3. The Morgan fingerprint density at radius 2 is 2.05 bits per heavy atom. The van der Waals surface area contributed by atoms with E-state index in [9.17, 15) is 9.18 Å². The van der Waals surface area contributed by atoms with Crippen molar-refractivity contribution in [2.45, 2.75) is 19.4 Å². The standard InChI is InChI=1S/C17H16FNO/c1-11-8-13(10-14(18)9-11)17(20)16-15-5-3-2-4-12(15)6-7-19-16/h2-5,8-10,16,19H,6-7H2,1H3. The average molecular weight is 269 g/mol. The van der Waals surface area contributed by atoms with Crippen LogP contribution >= 0.6 is 0 Å². The number of ketones is 1. The highest BCUT2D eigenvalue weighted by Crippen LogP contribution is 2.26. The van der Waals surface area contributed by atoms with Crippen LogP contribution in [0.15, 0.2) is 42.5 Å². The highest BCUT2D eigenvalue weighted by atomic mass is 19.1. The van der Waals surface area contributed by atoms with Gasteiger partial charge in [0.25, 0.3) is 0 Å². The molecule has 0 aromatic heterocycles. The minimum Gasteiger partial charge on any atom is -0.303 e. The monoisotopic (exact) mass is 269 g/mol. The SMILES string of the molecule is Cc1cc(F)cc(C(=O)C2NCCc3ccccc32)c1. The fourth-order valence-electron chi connectivity index (χ4n) is 2.78. The third-order valence-corrected chi connectivity index (χ3v) is 3.70. The van der Waals surface area contributed by atoms with Crippen LogP contribution in [0.2, 0.25) is 0 Å². The van der Waals surface area contributed by atoms with Crippen LogP contribution in [0, 0.1) is 12.7 Å². The van der Waals surface area contributed by atoms with Crippen LogP contribution in [0.1, 0.15) is 33.1 Å². The molecule has 1 unspecified atom stereocenters. The molecule has 0 bridgehead atoms.